The summed E-state index contributed by atoms with van der Waals surface area (Å²) in [5.74, 6) is -0.991. The van der Waals surface area contributed by atoms with Gasteiger partial charge in [-0.05, 0) is 25.7 Å². The van der Waals surface area contributed by atoms with E-state index in [0.717, 1.165) is 64.2 Å². The zero-order chi connectivity index (χ0) is 20.4. The fourth-order valence-corrected chi connectivity index (χ4v) is 4.89. The Bertz CT molecular complexity index is 994. The van der Waals surface area contributed by atoms with Gasteiger partial charge in [0, 0.05) is 17.6 Å². The monoisotopic (exact) mass is 396 g/mol. The molecule has 154 valence electrons. The van der Waals surface area contributed by atoms with Gasteiger partial charge in [-0.25, -0.2) is 4.79 Å². The van der Waals surface area contributed by atoms with Crippen LogP contribution in [0.2, 0.25) is 0 Å². The molecule has 0 atom stereocenters. The second kappa shape index (κ2) is 8.39. The lowest BCUT2D eigenvalue weighted by Crippen LogP contribution is -2.46. The van der Waals surface area contributed by atoms with Crippen LogP contribution >= 0.6 is 0 Å². The van der Waals surface area contributed by atoms with Gasteiger partial charge in [0.05, 0.1) is 0 Å². The van der Waals surface area contributed by atoms with Gasteiger partial charge in [0.15, 0.2) is 0 Å². The van der Waals surface area contributed by atoms with Gasteiger partial charge in [0.25, 0.3) is 5.56 Å². The van der Waals surface area contributed by atoms with Crippen LogP contribution in [0.25, 0.3) is 0 Å². The minimum atomic E-state index is -0.652. The molecule has 29 heavy (non-hydrogen) atoms. The predicted octanol–water partition coefficient (Wildman–Crippen LogP) is 3.96. The Morgan fingerprint density at radius 3 is 1.86 bits per heavy atom. The molecule has 1 N–H and O–H groups in total. The van der Waals surface area contributed by atoms with E-state index in [-0.39, 0.29) is 17.6 Å². The number of aromatic hydroxyl groups is 1. The van der Waals surface area contributed by atoms with Crippen LogP contribution < -0.4 is 11.2 Å². The summed E-state index contributed by atoms with van der Waals surface area (Å²) in [4.78, 5) is 39.9. The molecule has 4 rings (SSSR count). The summed E-state index contributed by atoms with van der Waals surface area (Å²) in [7, 11) is 0. The largest absolute Gasteiger partial charge is 0.494 e. The van der Waals surface area contributed by atoms with Crippen molar-refractivity contribution in [3.05, 3.63) is 62.3 Å². The van der Waals surface area contributed by atoms with E-state index in [0.29, 0.717) is 5.56 Å². The van der Waals surface area contributed by atoms with Crippen LogP contribution in [-0.4, -0.2) is 20.0 Å². The van der Waals surface area contributed by atoms with Crippen molar-refractivity contribution in [1.82, 2.24) is 9.13 Å². The first kappa shape index (κ1) is 19.7. The number of carbonyl (C=O) groups is 1. The summed E-state index contributed by atoms with van der Waals surface area (Å²) < 4.78 is 2.61. The van der Waals surface area contributed by atoms with Gasteiger partial charge < -0.3 is 5.11 Å². The lowest BCUT2D eigenvalue weighted by Gasteiger charge is -2.29. The van der Waals surface area contributed by atoms with Crippen LogP contribution in [0.1, 0.15) is 92.2 Å². The first-order valence-corrected chi connectivity index (χ1v) is 10.8. The van der Waals surface area contributed by atoms with E-state index >= 15 is 0 Å². The lowest BCUT2D eigenvalue weighted by molar-refractivity contribution is 0.103. The van der Waals surface area contributed by atoms with Gasteiger partial charge in [0.1, 0.15) is 5.56 Å². The molecular weight excluding hydrogens is 368 g/mol. The van der Waals surface area contributed by atoms with Gasteiger partial charge in [-0.1, -0.05) is 68.9 Å². The SMILES string of the molecule is O=C(c1ccccc1)c1c(O)n(C2CCCCC2)c(=O)n(C2CCCCC2)c1=O. The van der Waals surface area contributed by atoms with Crippen LogP contribution in [0.15, 0.2) is 39.9 Å². The normalized spacial score (nSPS) is 18.6. The molecule has 1 aromatic heterocycles. The van der Waals surface area contributed by atoms with Crippen LogP contribution in [0.5, 0.6) is 5.88 Å². The highest BCUT2D eigenvalue weighted by atomic mass is 16.3. The van der Waals surface area contributed by atoms with Crippen LogP contribution in [0.3, 0.4) is 0 Å². The molecule has 0 amide bonds. The number of benzene rings is 1. The van der Waals surface area contributed by atoms with E-state index in [2.05, 4.69) is 0 Å². The first-order chi connectivity index (χ1) is 14.1. The molecule has 0 aliphatic heterocycles. The van der Waals surface area contributed by atoms with Crippen molar-refractivity contribution in [1.29, 1.82) is 0 Å². The van der Waals surface area contributed by atoms with Crippen molar-refractivity contribution >= 4 is 5.78 Å². The van der Waals surface area contributed by atoms with Crippen LogP contribution in [-0.2, 0) is 0 Å². The predicted molar refractivity (Wildman–Crippen MR) is 111 cm³/mol. The Kier molecular flexibility index (Phi) is 5.69. The zero-order valence-electron chi connectivity index (χ0n) is 16.7. The molecule has 0 spiro atoms. The van der Waals surface area contributed by atoms with E-state index in [4.69, 9.17) is 0 Å². The topological polar surface area (TPSA) is 81.3 Å². The Hall–Kier alpha value is -2.63. The maximum absolute atomic E-state index is 13.4. The highest BCUT2D eigenvalue weighted by Gasteiger charge is 2.31. The molecule has 0 radical (unpaired) electrons. The van der Waals surface area contributed by atoms with Gasteiger partial charge in [-0.15, -0.1) is 0 Å². The van der Waals surface area contributed by atoms with E-state index in [1.54, 1.807) is 30.3 Å². The van der Waals surface area contributed by atoms with Crippen molar-refractivity contribution in [2.45, 2.75) is 76.3 Å². The Balaban J connectivity index is 1.92. The van der Waals surface area contributed by atoms with Crippen molar-refractivity contribution in [3.63, 3.8) is 0 Å². The maximum atomic E-state index is 13.4. The summed E-state index contributed by atoms with van der Waals surface area (Å²) in [6.07, 6.45) is 9.12. The average molecular weight is 396 g/mol. The maximum Gasteiger partial charge on any atom is 0.334 e. The molecule has 2 aliphatic carbocycles. The average Bonchev–Trinajstić information content (AvgIpc) is 2.76. The molecule has 0 saturated heterocycles. The van der Waals surface area contributed by atoms with Crippen LogP contribution in [0.4, 0.5) is 0 Å². The van der Waals surface area contributed by atoms with Crippen molar-refractivity contribution < 1.29 is 9.90 Å². The standard InChI is InChI=1S/C23H28N2O4/c26-20(16-10-4-1-5-11-16)19-21(27)24(17-12-6-2-7-13-17)23(29)25(22(19)28)18-14-8-3-9-15-18/h1,4-5,10-11,17-18,27H,2-3,6-9,12-15H2. The summed E-state index contributed by atoms with van der Waals surface area (Å²) in [6.45, 7) is 0. The fraction of sp³-hybridized carbons (Fsp3) is 0.522. The molecule has 1 aromatic carbocycles. The summed E-state index contributed by atoms with van der Waals surface area (Å²) >= 11 is 0. The zero-order valence-corrected chi connectivity index (χ0v) is 16.7. The third-order valence-corrected chi connectivity index (χ3v) is 6.44. The fourth-order valence-electron chi connectivity index (χ4n) is 4.89. The van der Waals surface area contributed by atoms with Gasteiger partial charge in [-0.3, -0.25) is 18.7 Å². The third-order valence-electron chi connectivity index (χ3n) is 6.44. The van der Waals surface area contributed by atoms with E-state index in [1.807, 2.05) is 0 Å². The molecule has 0 bridgehead atoms. The number of carbonyl (C=O) groups excluding carboxylic acids is 1. The van der Waals surface area contributed by atoms with Crippen molar-refractivity contribution in [2.24, 2.45) is 0 Å². The minimum absolute atomic E-state index is 0.172. The molecule has 2 aliphatic rings. The molecule has 1 heterocycles. The van der Waals surface area contributed by atoms with Gasteiger partial charge in [0.2, 0.25) is 11.7 Å². The first-order valence-electron chi connectivity index (χ1n) is 10.8. The highest BCUT2D eigenvalue weighted by molar-refractivity contribution is 6.10. The Labute approximate surface area is 169 Å². The second-order valence-corrected chi connectivity index (χ2v) is 8.31. The molecule has 2 aromatic rings. The third kappa shape index (κ3) is 3.68. The summed E-state index contributed by atoms with van der Waals surface area (Å²) in [5, 5.41) is 11.0. The Morgan fingerprint density at radius 1 is 0.793 bits per heavy atom. The minimum Gasteiger partial charge on any atom is -0.494 e. The van der Waals surface area contributed by atoms with Gasteiger partial charge in [-0.2, -0.15) is 0 Å². The van der Waals surface area contributed by atoms with E-state index in [9.17, 15) is 19.5 Å². The molecular formula is C23H28N2O4. The Morgan fingerprint density at radius 2 is 1.31 bits per heavy atom. The summed E-state index contributed by atoms with van der Waals surface area (Å²) in [5.41, 5.74) is -1.05. The number of nitrogens with zero attached hydrogens (tertiary/aromatic N) is 2. The summed E-state index contributed by atoms with van der Waals surface area (Å²) in [6, 6.07) is 8.11. The number of aromatic nitrogens is 2. The van der Waals surface area contributed by atoms with Crippen molar-refractivity contribution in [3.8, 4) is 5.88 Å². The van der Waals surface area contributed by atoms with E-state index in [1.165, 1.54) is 9.13 Å². The van der Waals surface area contributed by atoms with Crippen molar-refractivity contribution in [2.75, 3.05) is 0 Å². The molecule has 6 heteroatoms. The second-order valence-electron chi connectivity index (χ2n) is 8.31. The van der Waals surface area contributed by atoms with E-state index < -0.39 is 22.9 Å². The number of ketones is 1. The van der Waals surface area contributed by atoms with Crippen LogP contribution in [0, 0.1) is 0 Å². The molecule has 0 unspecified atom stereocenters. The molecule has 2 saturated carbocycles. The number of hydrogen-bond acceptors (Lipinski definition) is 4. The van der Waals surface area contributed by atoms with Gasteiger partial charge >= 0.3 is 5.69 Å². The molecule has 2 fully saturated rings. The quantitative estimate of drug-likeness (QED) is 0.793. The number of hydrogen-bond donors (Lipinski definition) is 1. The highest BCUT2D eigenvalue weighted by Crippen LogP contribution is 2.32. The number of rotatable bonds is 4. The smallest absolute Gasteiger partial charge is 0.334 e. The molecule has 6 nitrogen and oxygen atoms in total. The lowest BCUT2D eigenvalue weighted by atomic mass is 9.94.